The summed E-state index contributed by atoms with van der Waals surface area (Å²) in [7, 11) is 0. The first kappa shape index (κ1) is 17.4. The molecule has 0 aliphatic carbocycles. The highest BCUT2D eigenvalue weighted by Crippen LogP contribution is 2.22. The Kier molecular flexibility index (Phi) is 5.71. The third kappa shape index (κ3) is 4.37. The fourth-order valence-corrected chi connectivity index (χ4v) is 3.80. The van der Waals surface area contributed by atoms with Gasteiger partial charge >= 0.3 is 0 Å². The van der Waals surface area contributed by atoms with Gasteiger partial charge in [0.2, 0.25) is 0 Å². The van der Waals surface area contributed by atoms with Crippen molar-refractivity contribution in [2.24, 2.45) is 5.92 Å². The number of nitrogens with one attached hydrogen (secondary N) is 1. The molecule has 26 heavy (non-hydrogen) atoms. The fraction of sp³-hybridized carbons (Fsp3) is 0.667. The SMILES string of the molecule is c1nc2c(c(NCCCn3cncn3)n1)CCN(CC1CCOC1)CC2. The summed E-state index contributed by atoms with van der Waals surface area (Å²) in [5, 5.41) is 7.63. The first-order chi connectivity index (χ1) is 12.9. The Morgan fingerprint density at radius 1 is 1.19 bits per heavy atom. The zero-order valence-electron chi connectivity index (χ0n) is 15.2. The smallest absolute Gasteiger partial charge is 0.137 e. The second kappa shape index (κ2) is 8.55. The molecule has 0 amide bonds. The predicted molar refractivity (Wildman–Crippen MR) is 97.9 cm³/mol. The van der Waals surface area contributed by atoms with Gasteiger partial charge in [-0.2, -0.15) is 5.10 Å². The Bertz CT molecular complexity index is 685. The molecule has 0 spiro atoms. The van der Waals surface area contributed by atoms with Gasteiger partial charge in [-0.15, -0.1) is 0 Å². The molecule has 2 aliphatic rings. The summed E-state index contributed by atoms with van der Waals surface area (Å²) in [6.07, 6.45) is 9.20. The predicted octanol–water partition coefficient (Wildman–Crippen LogP) is 1.01. The maximum atomic E-state index is 5.52. The molecule has 0 saturated carbocycles. The van der Waals surface area contributed by atoms with Crippen molar-refractivity contribution >= 4 is 5.82 Å². The number of nitrogens with zero attached hydrogens (tertiary/aromatic N) is 6. The molecular weight excluding hydrogens is 330 g/mol. The highest BCUT2D eigenvalue weighted by molar-refractivity contribution is 5.46. The minimum absolute atomic E-state index is 0.691. The maximum Gasteiger partial charge on any atom is 0.137 e. The monoisotopic (exact) mass is 357 g/mol. The lowest BCUT2D eigenvalue weighted by Gasteiger charge is -2.22. The molecule has 2 aliphatic heterocycles. The van der Waals surface area contributed by atoms with Gasteiger partial charge < -0.3 is 15.0 Å². The van der Waals surface area contributed by atoms with Crippen molar-refractivity contribution in [1.29, 1.82) is 0 Å². The van der Waals surface area contributed by atoms with Crippen LogP contribution < -0.4 is 5.32 Å². The molecule has 0 bridgehead atoms. The average molecular weight is 357 g/mol. The van der Waals surface area contributed by atoms with Crippen LogP contribution in [-0.2, 0) is 24.1 Å². The number of hydrogen-bond acceptors (Lipinski definition) is 7. The van der Waals surface area contributed by atoms with Crippen LogP contribution in [0.2, 0.25) is 0 Å². The van der Waals surface area contributed by atoms with Crippen molar-refractivity contribution < 1.29 is 4.74 Å². The van der Waals surface area contributed by atoms with Gasteiger partial charge in [-0.3, -0.25) is 4.68 Å². The molecule has 1 unspecified atom stereocenters. The fourth-order valence-electron chi connectivity index (χ4n) is 3.80. The number of ether oxygens (including phenoxy) is 1. The van der Waals surface area contributed by atoms with E-state index in [1.165, 1.54) is 17.7 Å². The van der Waals surface area contributed by atoms with Gasteiger partial charge in [0.15, 0.2) is 0 Å². The van der Waals surface area contributed by atoms with E-state index in [1.807, 2.05) is 4.68 Å². The first-order valence-corrected chi connectivity index (χ1v) is 9.57. The lowest BCUT2D eigenvalue weighted by molar-refractivity contribution is 0.168. The normalized spacial score (nSPS) is 20.7. The van der Waals surface area contributed by atoms with Crippen LogP contribution in [0.1, 0.15) is 24.1 Å². The number of fused-ring (bicyclic) bond motifs is 1. The molecule has 2 aromatic rings. The molecule has 1 N–H and O–H groups in total. The van der Waals surface area contributed by atoms with E-state index in [-0.39, 0.29) is 0 Å². The van der Waals surface area contributed by atoms with Gasteiger partial charge in [-0.25, -0.2) is 15.0 Å². The summed E-state index contributed by atoms with van der Waals surface area (Å²) < 4.78 is 7.38. The molecule has 0 aromatic carbocycles. The number of aromatic nitrogens is 5. The summed E-state index contributed by atoms with van der Waals surface area (Å²) in [6.45, 7) is 6.86. The minimum atomic E-state index is 0.691. The summed E-state index contributed by atoms with van der Waals surface area (Å²) in [5.41, 5.74) is 2.49. The zero-order valence-corrected chi connectivity index (χ0v) is 15.2. The largest absolute Gasteiger partial charge is 0.381 e. The highest BCUT2D eigenvalue weighted by Gasteiger charge is 2.23. The second-order valence-corrected chi connectivity index (χ2v) is 7.12. The molecular formula is C18H27N7O. The van der Waals surface area contributed by atoms with Crippen LogP contribution in [-0.4, -0.2) is 69.0 Å². The van der Waals surface area contributed by atoms with Crippen LogP contribution in [0, 0.1) is 5.92 Å². The van der Waals surface area contributed by atoms with Crippen LogP contribution >= 0.6 is 0 Å². The van der Waals surface area contributed by atoms with Crippen molar-refractivity contribution in [3.63, 3.8) is 0 Å². The van der Waals surface area contributed by atoms with Crippen molar-refractivity contribution in [3.05, 3.63) is 30.2 Å². The lowest BCUT2D eigenvalue weighted by atomic mass is 10.1. The number of anilines is 1. The van der Waals surface area contributed by atoms with E-state index in [1.54, 1.807) is 19.0 Å². The van der Waals surface area contributed by atoms with E-state index in [0.29, 0.717) is 5.92 Å². The van der Waals surface area contributed by atoms with Gasteiger partial charge in [0.05, 0.1) is 12.3 Å². The van der Waals surface area contributed by atoms with Gasteiger partial charge in [-0.05, 0) is 25.2 Å². The molecule has 4 heterocycles. The van der Waals surface area contributed by atoms with Gasteiger partial charge in [0, 0.05) is 51.3 Å². The first-order valence-electron chi connectivity index (χ1n) is 9.57. The molecule has 1 atom stereocenters. The maximum absolute atomic E-state index is 5.52. The van der Waals surface area contributed by atoms with Gasteiger partial charge in [-0.1, -0.05) is 0 Å². The summed E-state index contributed by atoms with van der Waals surface area (Å²) in [4.78, 5) is 15.6. The molecule has 1 fully saturated rings. The Balaban J connectivity index is 1.31. The van der Waals surface area contributed by atoms with Crippen LogP contribution in [0.3, 0.4) is 0 Å². The molecule has 2 aromatic heterocycles. The number of rotatable bonds is 7. The van der Waals surface area contributed by atoms with Crippen LogP contribution in [0.4, 0.5) is 5.82 Å². The van der Waals surface area contributed by atoms with Crippen molar-refractivity contribution in [2.75, 3.05) is 44.7 Å². The van der Waals surface area contributed by atoms with Gasteiger partial charge in [0.25, 0.3) is 0 Å². The molecule has 8 heteroatoms. The Morgan fingerprint density at radius 3 is 3.00 bits per heavy atom. The van der Waals surface area contributed by atoms with E-state index in [0.717, 1.165) is 71.0 Å². The zero-order chi connectivity index (χ0) is 17.6. The van der Waals surface area contributed by atoms with E-state index < -0.39 is 0 Å². The van der Waals surface area contributed by atoms with Crippen molar-refractivity contribution in [1.82, 2.24) is 29.6 Å². The van der Waals surface area contributed by atoms with Crippen LogP contribution in [0.25, 0.3) is 0 Å². The molecule has 1 saturated heterocycles. The topological polar surface area (TPSA) is 81.0 Å². The Hall–Kier alpha value is -2.06. The van der Waals surface area contributed by atoms with Crippen LogP contribution in [0.15, 0.2) is 19.0 Å². The third-order valence-corrected chi connectivity index (χ3v) is 5.24. The molecule has 8 nitrogen and oxygen atoms in total. The summed E-state index contributed by atoms with van der Waals surface area (Å²) >= 11 is 0. The molecule has 140 valence electrons. The Labute approximate surface area is 154 Å². The number of aryl methyl sites for hydroxylation is 1. The molecule has 4 rings (SSSR count). The van der Waals surface area contributed by atoms with E-state index in [9.17, 15) is 0 Å². The van der Waals surface area contributed by atoms with Crippen LogP contribution in [0.5, 0.6) is 0 Å². The van der Waals surface area contributed by atoms with Crippen molar-refractivity contribution in [2.45, 2.75) is 32.2 Å². The Morgan fingerprint density at radius 2 is 2.15 bits per heavy atom. The average Bonchev–Trinajstić information content (AvgIpc) is 3.32. The number of hydrogen-bond donors (Lipinski definition) is 1. The lowest BCUT2D eigenvalue weighted by Crippen LogP contribution is -2.32. The van der Waals surface area contributed by atoms with E-state index >= 15 is 0 Å². The molecule has 0 radical (unpaired) electrons. The second-order valence-electron chi connectivity index (χ2n) is 7.12. The van der Waals surface area contributed by atoms with Gasteiger partial charge in [0.1, 0.15) is 24.8 Å². The summed E-state index contributed by atoms with van der Waals surface area (Å²) in [5.74, 6) is 1.69. The summed E-state index contributed by atoms with van der Waals surface area (Å²) in [6, 6.07) is 0. The quantitative estimate of drug-likeness (QED) is 0.741. The van der Waals surface area contributed by atoms with E-state index in [2.05, 4.69) is 30.3 Å². The third-order valence-electron chi connectivity index (χ3n) is 5.24. The van der Waals surface area contributed by atoms with Crippen molar-refractivity contribution in [3.8, 4) is 0 Å². The highest BCUT2D eigenvalue weighted by atomic mass is 16.5. The minimum Gasteiger partial charge on any atom is -0.381 e. The van der Waals surface area contributed by atoms with E-state index in [4.69, 9.17) is 4.74 Å². The standard InChI is InChI=1S/C18H27N7O/c1(6-25-14-19-12-23-25)5-20-18-16-2-7-24(10-15-4-9-26-11-15)8-3-17(16)21-13-22-18/h12-15H,1-11H2,(H,20,21,22).